The smallest absolute Gasteiger partial charge is 0.137 e. The summed E-state index contributed by atoms with van der Waals surface area (Å²) >= 11 is 1.77. The number of hydrogen-bond donors (Lipinski definition) is 0. The highest BCUT2D eigenvalue weighted by atomic mass is 32.1. The van der Waals surface area contributed by atoms with Crippen LogP contribution >= 0.6 is 11.3 Å². The Hall–Kier alpha value is -1.13. The van der Waals surface area contributed by atoms with Gasteiger partial charge >= 0.3 is 0 Å². The van der Waals surface area contributed by atoms with Crippen molar-refractivity contribution in [3.05, 3.63) is 22.5 Å². The minimum Gasteiger partial charge on any atom is -0.354 e. The lowest BCUT2D eigenvalue weighted by atomic mass is 10.2. The second kappa shape index (κ2) is 4.86. The molecule has 1 fully saturated rings. The minimum absolute atomic E-state index is 1.01. The molecule has 0 saturated carbocycles. The predicted molar refractivity (Wildman–Crippen MR) is 78.7 cm³/mol. The zero-order chi connectivity index (χ0) is 12.5. The van der Waals surface area contributed by atoms with Gasteiger partial charge in [-0.3, -0.25) is 0 Å². The van der Waals surface area contributed by atoms with Crippen LogP contribution in [0, 0.1) is 0 Å². The van der Waals surface area contributed by atoms with Crippen molar-refractivity contribution >= 4 is 27.9 Å². The van der Waals surface area contributed by atoms with Crippen LogP contribution in [0.2, 0.25) is 0 Å². The Kier molecular flexibility index (Phi) is 3.22. The van der Waals surface area contributed by atoms with Gasteiger partial charge in [0.1, 0.15) is 5.82 Å². The van der Waals surface area contributed by atoms with E-state index < -0.39 is 0 Å². The van der Waals surface area contributed by atoms with Crippen molar-refractivity contribution < 1.29 is 0 Å². The molecule has 1 aliphatic heterocycles. The molecule has 0 N–H and O–H groups in total. The number of pyridine rings is 1. The zero-order valence-corrected chi connectivity index (χ0v) is 11.8. The summed E-state index contributed by atoms with van der Waals surface area (Å²) in [6, 6.07) is 2.23. The molecule has 0 bridgehead atoms. The number of nitrogens with zero attached hydrogens (tertiary/aromatic N) is 3. The van der Waals surface area contributed by atoms with Gasteiger partial charge in [0.05, 0.1) is 0 Å². The lowest BCUT2D eigenvalue weighted by Gasteiger charge is -2.33. The van der Waals surface area contributed by atoms with Crippen molar-refractivity contribution in [2.75, 3.05) is 38.1 Å². The highest BCUT2D eigenvalue weighted by molar-refractivity contribution is 7.09. The minimum atomic E-state index is 1.01. The van der Waals surface area contributed by atoms with Crippen molar-refractivity contribution in [1.29, 1.82) is 0 Å². The number of rotatable bonds is 2. The molecule has 2 aromatic rings. The van der Waals surface area contributed by atoms with Crippen LogP contribution in [-0.2, 0) is 6.42 Å². The molecule has 0 unspecified atom stereocenters. The Morgan fingerprint density at radius 3 is 2.72 bits per heavy atom. The number of hydrogen-bond acceptors (Lipinski definition) is 4. The molecule has 1 aliphatic rings. The summed E-state index contributed by atoms with van der Waals surface area (Å²) in [7, 11) is 2.19. The first kappa shape index (κ1) is 11.9. The Balaban J connectivity index is 2.01. The van der Waals surface area contributed by atoms with Gasteiger partial charge in [-0.1, -0.05) is 6.92 Å². The van der Waals surface area contributed by atoms with Crippen LogP contribution in [0.3, 0.4) is 0 Å². The molecule has 3 nitrogen and oxygen atoms in total. The maximum Gasteiger partial charge on any atom is 0.137 e. The van der Waals surface area contributed by atoms with Gasteiger partial charge in [-0.15, -0.1) is 0 Å². The van der Waals surface area contributed by atoms with E-state index in [1.165, 1.54) is 22.3 Å². The molecule has 96 valence electrons. The van der Waals surface area contributed by atoms with E-state index in [0.29, 0.717) is 0 Å². The third kappa shape index (κ3) is 2.10. The molecule has 4 heteroatoms. The van der Waals surface area contributed by atoms with Crippen molar-refractivity contribution in [1.82, 2.24) is 9.88 Å². The Labute approximate surface area is 112 Å². The number of thiophene rings is 1. The third-order valence-electron chi connectivity index (χ3n) is 3.67. The van der Waals surface area contributed by atoms with Crippen LogP contribution < -0.4 is 4.90 Å². The molecule has 0 amide bonds. The number of fused-ring (bicyclic) bond motifs is 1. The van der Waals surface area contributed by atoms with Gasteiger partial charge in [0.15, 0.2) is 0 Å². The molecule has 3 heterocycles. The topological polar surface area (TPSA) is 19.4 Å². The highest BCUT2D eigenvalue weighted by Gasteiger charge is 2.18. The normalized spacial score (nSPS) is 17.6. The summed E-state index contributed by atoms with van der Waals surface area (Å²) in [6.45, 7) is 6.60. The molecule has 0 atom stereocenters. The Morgan fingerprint density at radius 2 is 2.00 bits per heavy atom. The molecule has 0 aromatic carbocycles. The van der Waals surface area contributed by atoms with Crippen molar-refractivity contribution in [2.24, 2.45) is 0 Å². The van der Waals surface area contributed by atoms with Crippen LogP contribution in [-0.4, -0.2) is 43.1 Å². The van der Waals surface area contributed by atoms with E-state index in [-0.39, 0.29) is 0 Å². The molecule has 1 saturated heterocycles. The molecule has 18 heavy (non-hydrogen) atoms. The van der Waals surface area contributed by atoms with Crippen LogP contribution in [0.25, 0.3) is 10.8 Å². The van der Waals surface area contributed by atoms with Gasteiger partial charge in [-0.25, -0.2) is 4.98 Å². The summed E-state index contributed by atoms with van der Waals surface area (Å²) in [4.78, 5) is 9.67. The van der Waals surface area contributed by atoms with Gasteiger partial charge < -0.3 is 9.80 Å². The average molecular weight is 261 g/mol. The fourth-order valence-electron chi connectivity index (χ4n) is 2.45. The van der Waals surface area contributed by atoms with E-state index in [0.717, 1.165) is 32.6 Å². The van der Waals surface area contributed by atoms with Crippen molar-refractivity contribution in [2.45, 2.75) is 13.3 Å². The van der Waals surface area contributed by atoms with E-state index >= 15 is 0 Å². The molecular weight excluding hydrogens is 242 g/mol. The molecule has 0 spiro atoms. The second-order valence-corrected chi connectivity index (χ2v) is 5.70. The van der Waals surface area contributed by atoms with Crippen LogP contribution in [0.15, 0.2) is 16.8 Å². The highest BCUT2D eigenvalue weighted by Crippen LogP contribution is 2.29. The van der Waals surface area contributed by atoms with Crippen LogP contribution in [0.1, 0.15) is 12.6 Å². The Morgan fingerprint density at radius 1 is 1.22 bits per heavy atom. The van der Waals surface area contributed by atoms with Gasteiger partial charge in [-0.2, -0.15) is 11.3 Å². The first-order valence-corrected chi connectivity index (χ1v) is 7.51. The van der Waals surface area contributed by atoms with E-state index in [1.807, 2.05) is 0 Å². The fourth-order valence-corrected chi connectivity index (χ4v) is 3.24. The largest absolute Gasteiger partial charge is 0.354 e. The first-order chi connectivity index (χ1) is 8.78. The SMILES string of the molecule is CCc1cc2cscc2c(N2CCN(C)CC2)n1. The zero-order valence-electron chi connectivity index (χ0n) is 11.0. The molecular formula is C14H19N3S. The van der Waals surface area contributed by atoms with Gasteiger partial charge in [0.25, 0.3) is 0 Å². The van der Waals surface area contributed by atoms with Gasteiger partial charge in [0.2, 0.25) is 0 Å². The lowest BCUT2D eigenvalue weighted by Crippen LogP contribution is -2.44. The van der Waals surface area contributed by atoms with Crippen molar-refractivity contribution in [3.8, 4) is 0 Å². The number of piperazine rings is 1. The quantitative estimate of drug-likeness (QED) is 0.828. The predicted octanol–water partition coefficient (Wildman–Crippen LogP) is 2.61. The van der Waals surface area contributed by atoms with Crippen LogP contribution in [0.4, 0.5) is 5.82 Å². The standard InChI is InChI=1S/C14H19N3S/c1-3-12-8-11-9-18-10-13(11)14(15-12)17-6-4-16(2)5-7-17/h8-10H,3-7H2,1-2H3. The molecule has 0 radical (unpaired) electrons. The van der Waals surface area contributed by atoms with E-state index in [1.54, 1.807) is 11.3 Å². The molecule has 2 aromatic heterocycles. The van der Waals surface area contributed by atoms with E-state index in [9.17, 15) is 0 Å². The number of likely N-dealkylation sites (N-methyl/N-ethyl adjacent to an activating group) is 1. The maximum absolute atomic E-state index is 4.85. The monoisotopic (exact) mass is 261 g/mol. The van der Waals surface area contributed by atoms with E-state index in [2.05, 4.69) is 40.6 Å². The second-order valence-electron chi connectivity index (χ2n) is 4.96. The van der Waals surface area contributed by atoms with Crippen LogP contribution in [0.5, 0.6) is 0 Å². The summed E-state index contributed by atoms with van der Waals surface area (Å²) in [5.41, 5.74) is 1.20. The summed E-state index contributed by atoms with van der Waals surface area (Å²) in [5.74, 6) is 1.19. The lowest BCUT2D eigenvalue weighted by molar-refractivity contribution is 0.312. The molecule has 0 aliphatic carbocycles. The average Bonchev–Trinajstić information content (AvgIpc) is 2.86. The maximum atomic E-state index is 4.85. The molecule has 3 rings (SSSR count). The first-order valence-electron chi connectivity index (χ1n) is 6.57. The summed E-state index contributed by atoms with van der Waals surface area (Å²) in [6.07, 6.45) is 1.01. The summed E-state index contributed by atoms with van der Waals surface area (Å²) < 4.78 is 0. The fraction of sp³-hybridized carbons (Fsp3) is 0.500. The number of anilines is 1. The van der Waals surface area contributed by atoms with E-state index in [4.69, 9.17) is 4.98 Å². The van der Waals surface area contributed by atoms with Gasteiger partial charge in [-0.05, 0) is 30.3 Å². The summed E-state index contributed by atoms with van der Waals surface area (Å²) in [5, 5.41) is 7.13. The Bertz CT molecular complexity index is 541. The van der Waals surface area contributed by atoms with Crippen molar-refractivity contribution in [3.63, 3.8) is 0 Å². The third-order valence-corrected chi connectivity index (χ3v) is 4.43. The number of aryl methyl sites for hydroxylation is 1. The van der Waals surface area contributed by atoms with Gasteiger partial charge in [0, 0.05) is 42.6 Å². The number of aromatic nitrogens is 1.